The first-order valence-electron chi connectivity index (χ1n) is 9.60. The maximum atomic E-state index is 13.0. The number of nitrogens with one attached hydrogen (secondary N) is 1. The van der Waals surface area contributed by atoms with Crippen molar-refractivity contribution < 1.29 is 4.79 Å². The van der Waals surface area contributed by atoms with Gasteiger partial charge in [-0.15, -0.1) is 5.10 Å². The lowest BCUT2D eigenvalue weighted by atomic mass is 9.56. The van der Waals surface area contributed by atoms with Crippen LogP contribution in [0.5, 0.6) is 0 Å². The van der Waals surface area contributed by atoms with Gasteiger partial charge in [-0.05, 0) is 49.9 Å². The van der Waals surface area contributed by atoms with Gasteiger partial charge in [0.15, 0.2) is 0 Å². The largest absolute Gasteiger partial charge is 0.350 e. The second-order valence-electron chi connectivity index (χ2n) is 8.74. The molecule has 2 aliphatic carbocycles. The van der Waals surface area contributed by atoms with Gasteiger partial charge < -0.3 is 5.32 Å². The van der Waals surface area contributed by atoms with E-state index in [1.807, 2.05) is 13.2 Å². The van der Waals surface area contributed by atoms with Crippen LogP contribution < -0.4 is 5.32 Å². The number of nitrogens with zero attached hydrogens (tertiary/aromatic N) is 3. The first-order valence-corrected chi connectivity index (χ1v) is 9.60. The van der Waals surface area contributed by atoms with E-state index in [1.54, 1.807) is 4.68 Å². The van der Waals surface area contributed by atoms with E-state index in [-0.39, 0.29) is 11.3 Å². The molecule has 0 spiro atoms. The second-order valence-corrected chi connectivity index (χ2v) is 8.74. The smallest absolute Gasteiger partial charge is 0.226 e. The van der Waals surface area contributed by atoms with E-state index in [4.69, 9.17) is 0 Å². The fourth-order valence-corrected chi connectivity index (χ4v) is 4.93. The SMILES string of the molecule is CC1=C[C@H]2[C@@H](CC1)[C@H](C)CC[C@H]2C(C)(C)C(=O)NCc1cn(C)nn1. The maximum Gasteiger partial charge on any atom is 0.226 e. The van der Waals surface area contributed by atoms with Crippen molar-refractivity contribution in [3.05, 3.63) is 23.5 Å². The van der Waals surface area contributed by atoms with E-state index in [0.29, 0.717) is 18.4 Å². The Labute approximate surface area is 151 Å². The van der Waals surface area contributed by atoms with Crippen LogP contribution in [0.2, 0.25) is 0 Å². The minimum atomic E-state index is -0.376. The number of hydrogen-bond donors (Lipinski definition) is 1. The zero-order chi connectivity index (χ0) is 18.2. The van der Waals surface area contributed by atoms with Crippen molar-refractivity contribution in [3.8, 4) is 0 Å². The fraction of sp³-hybridized carbons (Fsp3) is 0.750. The van der Waals surface area contributed by atoms with Gasteiger partial charge in [0.1, 0.15) is 5.69 Å². The van der Waals surface area contributed by atoms with Crippen molar-refractivity contribution in [1.29, 1.82) is 0 Å². The molecule has 5 nitrogen and oxygen atoms in total. The summed E-state index contributed by atoms with van der Waals surface area (Å²) in [7, 11) is 1.84. The lowest BCUT2D eigenvalue weighted by molar-refractivity contribution is -0.135. The summed E-state index contributed by atoms with van der Waals surface area (Å²) in [6, 6.07) is 0. The van der Waals surface area contributed by atoms with Crippen LogP contribution in [0.3, 0.4) is 0 Å². The predicted molar refractivity (Wildman–Crippen MR) is 98.5 cm³/mol. The van der Waals surface area contributed by atoms with Crippen molar-refractivity contribution >= 4 is 5.91 Å². The molecule has 1 amide bonds. The van der Waals surface area contributed by atoms with Gasteiger partial charge in [0.2, 0.25) is 5.91 Å². The van der Waals surface area contributed by atoms with Crippen LogP contribution in [0, 0.1) is 29.1 Å². The lowest BCUT2D eigenvalue weighted by Gasteiger charge is -2.48. The second kappa shape index (κ2) is 6.93. The molecule has 0 radical (unpaired) electrons. The van der Waals surface area contributed by atoms with Crippen molar-refractivity contribution in [2.75, 3.05) is 0 Å². The molecule has 0 unspecified atom stereocenters. The zero-order valence-electron chi connectivity index (χ0n) is 16.2. The van der Waals surface area contributed by atoms with Crippen molar-refractivity contribution in [2.45, 2.75) is 59.9 Å². The van der Waals surface area contributed by atoms with Gasteiger partial charge in [-0.1, -0.05) is 44.1 Å². The predicted octanol–water partition coefficient (Wildman–Crippen LogP) is 3.48. The minimum absolute atomic E-state index is 0.132. The molecule has 0 aromatic carbocycles. The summed E-state index contributed by atoms with van der Waals surface area (Å²) in [5, 5.41) is 11.1. The molecule has 2 aliphatic rings. The number of allylic oxidation sites excluding steroid dienone is 2. The highest BCUT2D eigenvalue weighted by atomic mass is 16.2. The van der Waals surface area contributed by atoms with Gasteiger partial charge in [0.25, 0.3) is 0 Å². The number of carbonyl (C=O) groups excluding carboxylic acids is 1. The molecule has 1 aromatic heterocycles. The summed E-state index contributed by atoms with van der Waals surface area (Å²) < 4.78 is 1.66. The Kier molecular flexibility index (Phi) is 5.03. The van der Waals surface area contributed by atoms with E-state index < -0.39 is 0 Å². The summed E-state index contributed by atoms with van der Waals surface area (Å²) in [5.74, 6) is 2.58. The quantitative estimate of drug-likeness (QED) is 0.851. The third kappa shape index (κ3) is 3.65. The molecule has 1 aromatic rings. The molecule has 5 heteroatoms. The summed E-state index contributed by atoms with van der Waals surface area (Å²) in [5.41, 5.74) is 1.92. The van der Waals surface area contributed by atoms with Crippen LogP contribution >= 0.6 is 0 Å². The standard InChI is InChI=1S/C20H32N4O/c1-13-6-8-16-14(2)7-9-18(17(16)10-13)20(3,4)19(25)21-11-15-12-24(5)23-22-15/h10,12,14,16-18H,6-9,11H2,1-5H3,(H,21,25)/t14-,16+,17+,18-/m1/s1. The molecule has 3 rings (SSSR count). The highest BCUT2D eigenvalue weighted by Crippen LogP contribution is 2.51. The molecule has 0 aliphatic heterocycles. The van der Waals surface area contributed by atoms with Gasteiger partial charge in [0.05, 0.1) is 6.54 Å². The van der Waals surface area contributed by atoms with Crippen LogP contribution in [-0.4, -0.2) is 20.9 Å². The third-order valence-electron chi connectivity index (χ3n) is 6.56. The monoisotopic (exact) mass is 344 g/mol. The van der Waals surface area contributed by atoms with Crippen LogP contribution in [0.1, 0.15) is 59.1 Å². The number of aryl methyl sites for hydroxylation is 1. The van der Waals surface area contributed by atoms with Gasteiger partial charge >= 0.3 is 0 Å². The van der Waals surface area contributed by atoms with Crippen LogP contribution in [0.4, 0.5) is 0 Å². The van der Waals surface area contributed by atoms with E-state index in [9.17, 15) is 4.79 Å². The number of hydrogen-bond acceptors (Lipinski definition) is 3. The molecule has 1 fully saturated rings. The van der Waals surface area contributed by atoms with Crippen molar-refractivity contribution in [1.82, 2.24) is 20.3 Å². The molecule has 0 bridgehead atoms. The molecule has 1 N–H and O–H groups in total. The Morgan fingerprint density at radius 3 is 2.80 bits per heavy atom. The van der Waals surface area contributed by atoms with E-state index in [0.717, 1.165) is 24.0 Å². The van der Waals surface area contributed by atoms with E-state index in [2.05, 4.69) is 49.4 Å². The molecule has 4 atom stereocenters. The highest BCUT2D eigenvalue weighted by Gasteiger charge is 2.47. The number of fused-ring (bicyclic) bond motifs is 1. The molecule has 138 valence electrons. The Balaban J connectivity index is 1.73. The number of amides is 1. The van der Waals surface area contributed by atoms with Crippen molar-refractivity contribution in [3.63, 3.8) is 0 Å². The van der Waals surface area contributed by atoms with Crippen molar-refractivity contribution in [2.24, 2.45) is 36.1 Å². The molecule has 1 heterocycles. The summed E-state index contributed by atoms with van der Waals surface area (Å²) in [6.45, 7) is 9.32. The van der Waals surface area contributed by atoms with Crippen LogP contribution in [0.25, 0.3) is 0 Å². The molecule has 25 heavy (non-hydrogen) atoms. The number of carbonyl (C=O) groups is 1. The highest BCUT2D eigenvalue weighted by molar-refractivity contribution is 5.82. The fourth-order valence-electron chi connectivity index (χ4n) is 4.93. The van der Waals surface area contributed by atoms with Crippen LogP contribution in [-0.2, 0) is 18.4 Å². The Hall–Kier alpha value is -1.65. The topological polar surface area (TPSA) is 59.8 Å². The summed E-state index contributed by atoms with van der Waals surface area (Å²) in [6.07, 6.45) is 9.20. The number of aromatic nitrogens is 3. The zero-order valence-corrected chi connectivity index (χ0v) is 16.2. The lowest BCUT2D eigenvalue weighted by Crippen LogP contribution is -2.48. The Bertz CT molecular complexity index is 660. The van der Waals surface area contributed by atoms with Gasteiger partial charge in [0, 0.05) is 18.7 Å². The molecular weight excluding hydrogens is 312 g/mol. The maximum absolute atomic E-state index is 13.0. The molecule has 1 saturated carbocycles. The minimum Gasteiger partial charge on any atom is -0.350 e. The first-order chi connectivity index (χ1) is 11.8. The average Bonchev–Trinajstić information content (AvgIpc) is 2.97. The third-order valence-corrected chi connectivity index (χ3v) is 6.56. The normalized spacial score (nSPS) is 29.7. The first kappa shape index (κ1) is 18.2. The Morgan fingerprint density at radius 1 is 1.36 bits per heavy atom. The summed E-state index contributed by atoms with van der Waals surface area (Å²) in [4.78, 5) is 13.0. The molecular formula is C20H32N4O. The van der Waals surface area contributed by atoms with Gasteiger partial charge in [-0.25, -0.2) is 0 Å². The number of rotatable bonds is 4. The van der Waals surface area contributed by atoms with Crippen LogP contribution in [0.15, 0.2) is 17.8 Å². The summed E-state index contributed by atoms with van der Waals surface area (Å²) >= 11 is 0. The van der Waals surface area contributed by atoms with Gasteiger partial charge in [-0.3, -0.25) is 9.48 Å². The van der Waals surface area contributed by atoms with E-state index in [1.165, 1.54) is 24.8 Å². The molecule has 0 saturated heterocycles. The van der Waals surface area contributed by atoms with Gasteiger partial charge in [-0.2, -0.15) is 0 Å². The Morgan fingerprint density at radius 2 is 2.12 bits per heavy atom. The van der Waals surface area contributed by atoms with E-state index >= 15 is 0 Å². The average molecular weight is 345 g/mol.